The molecule has 3 rings (SSSR count). The van der Waals surface area contributed by atoms with E-state index in [-0.39, 0.29) is 43.1 Å². The van der Waals surface area contributed by atoms with E-state index >= 15 is 0 Å². The number of nitrogens with zero attached hydrogens (tertiary/aromatic N) is 2. The molecule has 2 aromatic carbocycles. The van der Waals surface area contributed by atoms with Gasteiger partial charge in [-0.3, -0.25) is 4.79 Å². The molecular weight excluding hydrogens is 435 g/mol. The summed E-state index contributed by atoms with van der Waals surface area (Å²) < 4.78 is 32.8. The molecule has 0 aliphatic carbocycles. The summed E-state index contributed by atoms with van der Waals surface area (Å²) in [5.74, 6) is 0.228. The van der Waals surface area contributed by atoms with E-state index in [1.165, 1.54) is 16.4 Å². The van der Waals surface area contributed by atoms with Crippen molar-refractivity contribution in [3.05, 3.63) is 58.1 Å². The van der Waals surface area contributed by atoms with E-state index in [9.17, 15) is 13.2 Å². The minimum Gasteiger partial charge on any atom is -0.490 e. The van der Waals surface area contributed by atoms with Gasteiger partial charge in [0.25, 0.3) is 5.91 Å². The van der Waals surface area contributed by atoms with Crippen molar-refractivity contribution in [2.45, 2.75) is 24.8 Å². The molecular formula is C20H22Cl2N2O4S. The fraction of sp³-hybridized carbons (Fsp3) is 0.350. The molecule has 1 aliphatic heterocycles. The Morgan fingerprint density at radius 1 is 1.00 bits per heavy atom. The number of carbonyl (C=O) groups excluding carboxylic acids is 1. The van der Waals surface area contributed by atoms with E-state index in [4.69, 9.17) is 27.9 Å². The predicted octanol–water partition coefficient (Wildman–Crippen LogP) is 3.93. The van der Waals surface area contributed by atoms with Crippen molar-refractivity contribution in [1.82, 2.24) is 9.21 Å². The maximum absolute atomic E-state index is 13.0. The van der Waals surface area contributed by atoms with Crippen LogP contribution in [0.15, 0.2) is 47.4 Å². The Morgan fingerprint density at radius 2 is 1.66 bits per heavy atom. The third kappa shape index (κ3) is 5.04. The second kappa shape index (κ2) is 8.92. The third-order valence-corrected chi connectivity index (χ3v) is 6.86. The highest BCUT2D eigenvalue weighted by Gasteiger charge is 2.31. The molecule has 156 valence electrons. The lowest BCUT2D eigenvalue weighted by atomic mass is 10.1. The summed E-state index contributed by atoms with van der Waals surface area (Å²) >= 11 is 12.0. The summed E-state index contributed by atoms with van der Waals surface area (Å²) in [6, 6.07) is 11.1. The second-order valence-corrected chi connectivity index (χ2v) is 9.77. The van der Waals surface area contributed by atoms with Crippen LogP contribution >= 0.6 is 23.2 Å². The van der Waals surface area contributed by atoms with E-state index in [1.807, 2.05) is 13.8 Å². The average Bonchev–Trinajstić information content (AvgIpc) is 2.68. The van der Waals surface area contributed by atoms with Crippen LogP contribution in [0.2, 0.25) is 10.0 Å². The topological polar surface area (TPSA) is 66.9 Å². The Bertz CT molecular complexity index is 1000. The van der Waals surface area contributed by atoms with Crippen LogP contribution in [0.25, 0.3) is 0 Å². The zero-order valence-corrected chi connectivity index (χ0v) is 18.5. The maximum Gasteiger partial charge on any atom is 0.257 e. The highest BCUT2D eigenvalue weighted by molar-refractivity contribution is 7.89. The van der Waals surface area contributed by atoms with Crippen molar-refractivity contribution in [1.29, 1.82) is 0 Å². The standard InChI is InChI=1S/C20H22Cl2N2O4S/c1-14(2)28-19-7-6-16(22)13-18(19)20(25)23-8-10-24(11-9-23)29(26,27)17-5-3-4-15(21)12-17/h3-7,12-14H,8-11H2,1-2H3. The molecule has 1 fully saturated rings. The lowest BCUT2D eigenvalue weighted by molar-refractivity contribution is 0.0692. The number of sulfonamides is 1. The number of benzene rings is 2. The van der Waals surface area contributed by atoms with Gasteiger partial charge in [-0.05, 0) is 50.2 Å². The van der Waals surface area contributed by atoms with Crippen molar-refractivity contribution in [2.24, 2.45) is 0 Å². The van der Waals surface area contributed by atoms with Gasteiger partial charge in [0.1, 0.15) is 5.75 Å². The summed E-state index contributed by atoms with van der Waals surface area (Å²) in [6.45, 7) is 4.69. The summed E-state index contributed by atoms with van der Waals surface area (Å²) in [6.07, 6.45) is -0.0950. The van der Waals surface area contributed by atoms with Crippen LogP contribution in [0.1, 0.15) is 24.2 Å². The van der Waals surface area contributed by atoms with Crippen LogP contribution in [0.4, 0.5) is 0 Å². The maximum atomic E-state index is 13.0. The van der Waals surface area contributed by atoms with E-state index in [0.717, 1.165) is 0 Å². The van der Waals surface area contributed by atoms with Gasteiger partial charge in [0.15, 0.2) is 0 Å². The normalized spacial score (nSPS) is 15.6. The first-order valence-electron chi connectivity index (χ1n) is 9.19. The number of amides is 1. The second-order valence-electron chi connectivity index (χ2n) is 6.96. The summed E-state index contributed by atoms with van der Waals surface area (Å²) in [4.78, 5) is 14.8. The van der Waals surface area contributed by atoms with Crippen LogP contribution in [0.3, 0.4) is 0 Å². The number of rotatable bonds is 5. The minimum absolute atomic E-state index is 0.0950. The number of halogens is 2. The minimum atomic E-state index is -3.66. The molecule has 1 saturated heterocycles. The first-order valence-corrected chi connectivity index (χ1v) is 11.4. The number of ether oxygens (including phenoxy) is 1. The number of hydrogen-bond acceptors (Lipinski definition) is 4. The van der Waals surface area contributed by atoms with Crippen LogP contribution < -0.4 is 4.74 Å². The number of carbonyl (C=O) groups is 1. The quantitative estimate of drug-likeness (QED) is 0.683. The van der Waals surface area contributed by atoms with Gasteiger partial charge in [0.05, 0.1) is 16.6 Å². The zero-order chi connectivity index (χ0) is 21.2. The number of piperazine rings is 1. The molecule has 9 heteroatoms. The molecule has 0 atom stereocenters. The summed E-state index contributed by atoms with van der Waals surface area (Å²) in [5, 5.41) is 0.796. The van der Waals surface area contributed by atoms with Gasteiger partial charge in [-0.25, -0.2) is 8.42 Å². The number of hydrogen-bond donors (Lipinski definition) is 0. The van der Waals surface area contributed by atoms with Crippen LogP contribution in [-0.2, 0) is 10.0 Å². The van der Waals surface area contributed by atoms with Crippen molar-refractivity contribution < 1.29 is 17.9 Å². The third-order valence-electron chi connectivity index (χ3n) is 4.49. The van der Waals surface area contributed by atoms with Crippen molar-refractivity contribution in [3.8, 4) is 5.75 Å². The molecule has 1 heterocycles. The van der Waals surface area contributed by atoms with Crippen molar-refractivity contribution in [3.63, 3.8) is 0 Å². The van der Waals surface area contributed by atoms with Gasteiger partial charge in [-0.2, -0.15) is 4.31 Å². The molecule has 6 nitrogen and oxygen atoms in total. The Labute approximate surface area is 181 Å². The molecule has 0 unspecified atom stereocenters. The van der Waals surface area contributed by atoms with Gasteiger partial charge < -0.3 is 9.64 Å². The molecule has 1 aliphatic rings. The van der Waals surface area contributed by atoms with Crippen LogP contribution in [0.5, 0.6) is 5.75 Å². The molecule has 2 aromatic rings. The first-order chi connectivity index (χ1) is 13.7. The van der Waals surface area contributed by atoms with E-state index in [1.54, 1.807) is 35.2 Å². The Morgan fingerprint density at radius 3 is 2.28 bits per heavy atom. The van der Waals surface area contributed by atoms with Gasteiger partial charge >= 0.3 is 0 Å². The van der Waals surface area contributed by atoms with Gasteiger partial charge in [0.2, 0.25) is 10.0 Å². The van der Waals surface area contributed by atoms with Gasteiger partial charge in [0, 0.05) is 36.2 Å². The molecule has 1 amide bonds. The van der Waals surface area contributed by atoms with E-state index < -0.39 is 10.0 Å². The van der Waals surface area contributed by atoms with Gasteiger partial charge in [-0.1, -0.05) is 29.3 Å². The monoisotopic (exact) mass is 456 g/mol. The molecule has 0 saturated carbocycles. The first kappa shape index (κ1) is 21.9. The van der Waals surface area contributed by atoms with Crippen molar-refractivity contribution >= 4 is 39.1 Å². The molecule has 0 N–H and O–H groups in total. The lowest BCUT2D eigenvalue weighted by Gasteiger charge is -2.34. The van der Waals surface area contributed by atoms with E-state index in [2.05, 4.69) is 0 Å². The summed E-state index contributed by atoms with van der Waals surface area (Å²) in [5.41, 5.74) is 0.373. The largest absolute Gasteiger partial charge is 0.490 e. The fourth-order valence-corrected chi connectivity index (χ4v) is 5.00. The molecule has 0 radical (unpaired) electrons. The lowest BCUT2D eigenvalue weighted by Crippen LogP contribution is -2.50. The molecule has 0 bridgehead atoms. The summed E-state index contributed by atoms with van der Waals surface area (Å²) in [7, 11) is -3.66. The smallest absolute Gasteiger partial charge is 0.257 e. The predicted molar refractivity (Wildman–Crippen MR) is 113 cm³/mol. The molecule has 29 heavy (non-hydrogen) atoms. The molecule has 0 spiro atoms. The average molecular weight is 457 g/mol. The highest BCUT2D eigenvalue weighted by atomic mass is 35.5. The van der Waals surface area contributed by atoms with Gasteiger partial charge in [-0.15, -0.1) is 0 Å². The fourth-order valence-electron chi connectivity index (χ4n) is 3.10. The van der Waals surface area contributed by atoms with Crippen molar-refractivity contribution in [2.75, 3.05) is 26.2 Å². The van der Waals surface area contributed by atoms with Crippen LogP contribution in [0, 0.1) is 0 Å². The Hall–Kier alpha value is -1.80. The molecule has 0 aromatic heterocycles. The highest BCUT2D eigenvalue weighted by Crippen LogP contribution is 2.27. The van der Waals surface area contributed by atoms with E-state index in [0.29, 0.717) is 21.4 Å². The van der Waals surface area contributed by atoms with Crippen LogP contribution in [-0.4, -0.2) is 55.8 Å². The Balaban J connectivity index is 1.74. The zero-order valence-electron chi connectivity index (χ0n) is 16.1. The Kier molecular flexibility index (Phi) is 6.73. The SMILES string of the molecule is CC(C)Oc1ccc(Cl)cc1C(=O)N1CCN(S(=O)(=O)c2cccc(Cl)c2)CC1.